The van der Waals surface area contributed by atoms with Gasteiger partial charge in [0.25, 0.3) is 0 Å². The lowest BCUT2D eigenvalue weighted by Gasteiger charge is -2.35. The van der Waals surface area contributed by atoms with E-state index in [1.807, 2.05) is 0 Å². The predicted octanol–water partition coefficient (Wildman–Crippen LogP) is 6.13. The largest absolute Gasteiger partial charge is 0.193 e. The highest BCUT2D eigenvalue weighted by atomic mass is 32.1. The number of hydrogen-bond acceptors (Lipinski definition) is 1. The Morgan fingerprint density at radius 1 is 0.909 bits per heavy atom. The molecule has 128 valence electrons. The van der Waals surface area contributed by atoms with Crippen molar-refractivity contribution >= 4 is 34.8 Å². The Kier molecular flexibility index (Phi) is 7.95. The summed E-state index contributed by atoms with van der Waals surface area (Å²) in [5.74, 6) is 0. The van der Waals surface area contributed by atoms with E-state index in [0.29, 0.717) is 0 Å². The van der Waals surface area contributed by atoms with E-state index in [4.69, 9.17) is 0 Å². The van der Waals surface area contributed by atoms with Gasteiger partial charge in [-0.25, -0.2) is 0 Å². The van der Waals surface area contributed by atoms with E-state index in [-0.39, 0.29) is 6.15 Å². The van der Waals surface area contributed by atoms with Gasteiger partial charge < -0.3 is 0 Å². The van der Waals surface area contributed by atoms with E-state index in [1.54, 1.807) is 14.8 Å². The molecule has 0 spiro atoms. The fraction of sp³-hybridized carbons (Fsp3) is 0.789. The van der Waals surface area contributed by atoms with Crippen LogP contribution in [0.1, 0.15) is 58.9 Å². The van der Waals surface area contributed by atoms with Crippen molar-refractivity contribution in [1.82, 2.24) is 0 Å². The van der Waals surface area contributed by atoms with Crippen molar-refractivity contribution in [2.45, 2.75) is 98.4 Å². The Bertz CT molecular complexity index is 433. The minimum absolute atomic E-state index is 0.301. The van der Waals surface area contributed by atoms with Crippen molar-refractivity contribution in [3.63, 3.8) is 0 Å². The van der Waals surface area contributed by atoms with Gasteiger partial charge in [0.15, 0.2) is 0 Å². The molecule has 0 unspecified atom stereocenters. The van der Waals surface area contributed by atoms with Gasteiger partial charge in [-0.15, -0.1) is 0 Å². The molecule has 0 aromatic carbocycles. The van der Waals surface area contributed by atoms with Crippen LogP contribution in [0.4, 0.5) is 0 Å². The zero-order valence-corrected chi connectivity index (χ0v) is 18.0. The van der Waals surface area contributed by atoms with Crippen molar-refractivity contribution < 1.29 is 0 Å². The van der Waals surface area contributed by atoms with Gasteiger partial charge >= 0.3 is 0 Å². The highest BCUT2D eigenvalue weighted by Gasteiger charge is 2.28. The van der Waals surface area contributed by atoms with Crippen LogP contribution in [-0.4, -0.2) is 14.2 Å². The molecule has 0 radical (unpaired) electrons. The molecule has 3 heteroatoms. The van der Waals surface area contributed by atoms with Crippen LogP contribution >= 0.6 is 11.3 Å². The highest BCUT2D eigenvalue weighted by molar-refractivity contribution is 7.36. The van der Waals surface area contributed by atoms with Gasteiger partial charge in [0.1, 0.15) is 0 Å². The summed E-state index contributed by atoms with van der Waals surface area (Å²) in [5, 5.41) is 0. The molecule has 22 heavy (non-hydrogen) atoms. The maximum atomic E-state index is 2.64. The van der Waals surface area contributed by atoms with E-state index in [0.717, 1.165) is 0 Å². The number of aryl methyl sites for hydroxylation is 1. The second-order valence-electron chi connectivity index (χ2n) is 8.27. The minimum Gasteiger partial charge on any atom is -0.193 e. The predicted molar refractivity (Wildman–Crippen MR) is 112 cm³/mol. The first-order valence-electron chi connectivity index (χ1n) is 9.68. The third kappa shape index (κ3) is 4.74. The number of unbranched alkanes of at least 4 members (excludes halogenated alkanes) is 3. The van der Waals surface area contributed by atoms with Gasteiger partial charge in [0.2, 0.25) is 0 Å². The molecule has 1 aromatic rings. The van der Waals surface area contributed by atoms with Crippen molar-refractivity contribution in [3.8, 4) is 0 Å². The smallest absolute Gasteiger partial charge is 0.0906 e. The molecule has 0 saturated carbocycles. The molecule has 1 aromatic heterocycles. The lowest BCUT2D eigenvalue weighted by molar-refractivity contribution is 0.668. The van der Waals surface area contributed by atoms with Crippen molar-refractivity contribution in [3.05, 3.63) is 11.6 Å². The van der Waals surface area contributed by atoms with Crippen molar-refractivity contribution in [1.29, 1.82) is 0 Å². The molecule has 0 aliphatic rings. The molecule has 0 aliphatic heterocycles. The summed E-state index contributed by atoms with van der Waals surface area (Å²) < 4.78 is 3.54. The van der Waals surface area contributed by atoms with Crippen LogP contribution in [0.5, 0.6) is 0 Å². The summed E-state index contributed by atoms with van der Waals surface area (Å²) in [5.41, 5.74) is 1.72. The zero-order chi connectivity index (χ0) is 16.8. The van der Waals surface area contributed by atoms with Gasteiger partial charge in [-0.3, -0.25) is 0 Å². The molecule has 0 amide bonds. The minimum atomic E-state index is -1.21. The molecule has 0 bridgehead atoms. The maximum absolute atomic E-state index is 2.64. The first-order valence-corrected chi connectivity index (χ1v) is 14.0. The third-order valence-corrected chi connectivity index (χ3v) is 10.9. The number of thiophene rings is 1. The summed E-state index contributed by atoms with van der Waals surface area (Å²) in [6, 6.07) is 2.64. The Labute approximate surface area is 145 Å². The van der Waals surface area contributed by atoms with Crippen LogP contribution in [0.2, 0.25) is 38.6 Å². The van der Waals surface area contributed by atoms with Crippen LogP contribution in [-0.2, 0) is 6.42 Å². The lowest BCUT2D eigenvalue weighted by Crippen LogP contribution is -2.44. The molecule has 0 nitrogen and oxygen atoms in total. The molecular formula is C19H38BSSi-. The van der Waals surface area contributed by atoms with Crippen LogP contribution in [0, 0.1) is 0 Å². The fourth-order valence-corrected chi connectivity index (χ4v) is 8.00. The molecule has 1 heterocycles. The van der Waals surface area contributed by atoms with Crippen LogP contribution < -0.4 is 9.28 Å². The molecular weight excluding hydrogens is 299 g/mol. The third-order valence-electron chi connectivity index (χ3n) is 5.76. The zero-order valence-electron chi connectivity index (χ0n) is 16.2. The SMILES string of the molecule is CCCCCCc1cc([B-](CC)(CC)CC)sc1[Si](C)(C)C. The number of hydrogen-bond donors (Lipinski definition) is 0. The molecule has 0 saturated heterocycles. The maximum Gasteiger partial charge on any atom is 0.0906 e. The van der Waals surface area contributed by atoms with E-state index >= 15 is 0 Å². The van der Waals surface area contributed by atoms with Crippen LogP contribution in [0.25, 0.3) is 0 Å². The summed E-state index contributed by atoms with van der Waals surface area (Å²) in [7, 11) is -1.21. The Hall–Kier alpha value is -0.0182. The summed E-state index contributed by atoms with van der Waals surface area (Å²) in [6.45, 7) is 17.1. The summed E-state index contributed by atoms with van der Waals surface area (Å²) in [4.78, 5) is 0. The highest BCUT2D eigenvalue weighted by Crippen LogP contribution is 2.25. The van der Waals surface area contributed by atoms with E-state index in [2.05, 4.69) is 64.7 Å². The van der Waals surface area contributed by atoms with Gasteiger partial charge in [-0.1, -0.05) is 72.7 Å². The van der Waals surface area contributed by atoms with E-state index < -0.39 is 8.07 Å². The van der Waals surface area contributed by atoms with Gasteiger partial charge in [-0.05, 0) is 22.9 Å². The first-order chi connectivity index (χ1) is 10.3. The topological polar surface area (TPSA) is 0 Å². The Morgan fingerprint density at radius 3 is 1.95 bits per heavy atom. The monoisotopic (exact) mass is 337 g/mol. The van der Waals surface area contributed by atoms with Crippen LogP contribution in [0.3, 0.4) is 0 Å². The quantitative estimate of drug-likeness (QED) is 0.356. The van der Waals surface area contributed by atoms with Gasteiger partial charge in [-0.2, -0.15) is 35.1 Å². The van der Waals surface area contributed by atoms with Gasteiger partial charge in [0, 0.05) is 6.15 Å². The molecule has 1 rings (SSSR count). The first kappa shape index (κ1) is 20.0. The number of rotatable bonds is 10. The summed E-state index contributed by atoms with van der Waals surface area (Å²) in [6.07, 6.45) is 10.6. The summed E-state index contributed by atoms with van der Waals surface area (Å²) >= 11 is 2.20. The molecule has 0 fully saturated rings. The van der Waals surface area contributed by atoms with Gasteiger partial charge in [0.05, 0.1) is 8.07 Å². The molecule has 0 N–H and O–H groups in total. The van der Waals surface area contributed by atoms with Crippen molar-refractivity contribution in [2.24, 2.45) is 0 Å². The van der Waals surface area contributed by atoms with E-state index in [1.165, 1.54) is 51.1 Å². The average Bonchev–Trinajstić information content (AvgIpc) is 2.91. The normalized spacial score (nSPS) is 12.9. The Morgan fingerprint density at radius 2 is 1.50 bits per heavy atom. The van der Waals surface area contributed by atoms with E-state index in [9.17, 15) is 0 Å². The molecule has 0 aliphatic carbocycles. The van der Waals surface area contributed by atoms with Crippen molar-refractivity contribution in [2.75, 3.05) is 0 Å². The van der Waals surface area contributed by atoms with Crippen LogP contribution in [0.15, 0.2) is 6.07 Å². The second-order valence-corrected chi connectivity index (χ2v) is 14.7. The standard InChI is InChI=1S/C19H38BSSi/c1-8-12-13-14-15-17-16-18(20(9-2,10-3)11-4)21-19(17)22(5,6)7/h16H,8-15H2,1-7H3/q-1. The molecule has 0 atom stereocenters. The fourth-order valence-electron chi connectivity index (χ4n) is 3.78. The second kappa shape index (κ2) is 8.73. The average molecular weight is 337 g/mol. The lowest BCUT2D eigenvalue weighted by atomic mass is 9.20. The Balaban J connectivity index is 3.09.